The third kappa shape index (κ3) is 5.44. The molecular formula is C11H20N4. The topological polar surface area (TPSA) is 41.0 Å². The van der Waals surface area contributed by atoms with E-state index in [1.165, 1.54) is 0 Å². The van der Waals surface area contributed by atoms with Crippen molar-refractivity contribution in [3.05, 3.63) is 24.3 Å². The second kappa shape index (κ2) is 6.48. The Morgan fingerprint density at radius 2 is 2.00 bits per heavy atom. The third-order valence-electron chi connectivity index (χ3n) is 2.28. The van der Waals surface area contributed by atoms with Gasteiger partial charge in [-0.05, 0) is 34.0 Å². The van der Waals surface area contributed by atoms with Crippen molar-refractivity contribution in [2.75, 3.05) is 20.6 Å². The lowest BCUT2D eigenvalue weighted by Gasteiger charge is -2.16. The van der Waals surface area contributed by atoms with Crippen LogP contribution in [0.15, 0.2) is 18.7 Å². The molecule has 0 aromatic carbocycles. The fourth-order valence-electron chi connectivity index (χ4n) is 1.27. The summed E-state index contributed by atoms with van der Waals surface area (Å²) in [5.41, 5.74) is 1.13. The predicted octanol–water partition coefficient (Wildman–Crippen LogP) is 0.906. The van der Waals surface area contributed by atoms with E-state index in [4.69, 9.17) is 0 Å². The van der Waals surface area contributed by atoms with E-state index in [0.717, 1.165) is 25.1 Å². The number of nitrogens with one attached hydrogen (secondary N) is 1. The maximum Gasteiger partial charge on any atom is 0.115 e. The van der Waals surface area contributed by atoms with Gasteiger partial charge in [0.25, 0.3) is 0 Å². The Kier molecular flexibility index (Phi) is 5.21. The van der Waals surface area contributed by atoms with Crippen LogP contribution in [0.25, 0.3) is 0 Å². The molecule has 0 amide bonds. The first-order chi connectivity index (χ1) is 7.18. The lowest BCUT2D eigenvalue weighted by molar-refractivity contribution is 0.365. The standard InChI is InChI=1S/C11H20N4/c1-10(4-5-15(2)3)14-8-11-6-12-9-13-7-11/h6-7,9-10,14H,4-5,8H2,1-3H3. The van der Waals surface area contributed by atoms with Crippen LogP contribution in [-0.2, 0) is 6.54 Å². The average Bonchev–Trinajstić information content (AvgIpc) is 2.25. The molecule has 0 aliphatic rings. The average molecular weight is 208 g/mol. The molecule has 4 nitrogen and oxygen atoms in total. The molecule has 0 saturated heterocycles. The summed E-state index contributed by atoms with van der Waals surface area (Å²) >= 11 is 0. The van der Waals surface area contributed by atoms with Crippen LogP contribution in [0, 0.1) is 0 Å². The van der Waals surface area contributed by atoms with Crippen molar-refractivity contribution in [2.45, 2.75) is 25.9 Å². The first-order valence-corrected chi connectivity index (χ1v) is 5.30. The summed E-state index contributed by atoms with van der Waals surface area (Å²) in [5.74, 6) is 0. The maximum absolute atomic E-state index is 3.98. The summed E-state index contributed by atoms with van der Waals surface area (Å²) in [7, 11) is 4.19. The first-order valence-electron chi connectivity index (χ1n) is 5.30. The van der Waals surface area contributed by atoms with Gasteiger partial charge < -0.3 is 10.2 Å². The van der Waals surface area contributed by atoms with Crippen molar-refractivity contribution in [1.82, 2.24) is 20.2 Å². The van der Waals surface area contributed by atoms with E-state index in [2.05, 4.69) is 41.2 Å². The maximum atomic E-state index is 3.98. The Balaban J connectivity index is 2.19. The van der Waals surface area contributed by atoms with Gasteiger partial charge in [-0.3, -0.25) is 0 Å². The molecule has 0 saturated carbocycles. The Labute approximate surface area is 91.7 Å². The number of rotatable bonds is 6. The molecule has 1 heterocycles. The summed E-state index contributed by atoms with van der Waals surface area (Å²) < 4.78 is 0. The largest absolute Gasteiger partial charge is 0.310 e. The molecule has 0 radical (unpaired) electrons. The van der Waals surface area contributed by atoms with Crippen LogP contribution < -0.4 is 5.32 Å². The molecule has 0 aliphatic heterocycles. The number of nitrogens with zero attached hydrogens (tertiary/aromatic N) is 3. The van der Waals surface area contributed by atoms with E-state index in [-0.39, 0.29) is 0 Å². The van der Waals surface area contributed by atoms with Crippen molar-refractivity contribution in [1.29, 1.82) is 0 Å². The van der Waals surface area contributed by atoms with Crippen LogP contribution in [0.4, 0.5) is 0 Å². The van der Waals surface area contributed by atoms with Gasteiger partial charge in [-0.2, -0.15) is 0 Å². The molecule has 84 valence electrons. The first kappa shape index (κ1) is 12.1. The van der Waals surface area contributed by atoms with Crippen molar-refractivity contribution < 1.29 is 0 Å². The van der Waals surface area contributed by atoms with Crippen molar-refractivity contribution >= 4 is 0 Å². The minimum absolute atomic E-state index is 0.521. The second-order valence-electron chi connectivity index (χ2n) is 4.12. The normalized spacial score (nSPS) is 13.1. The molecule has 1 atom stereocenters. The molecule has 1 aromatic rings. The van der Waals surface area contributed by atoms with Gasteiger partial charge in [0.05, 0.1) is 0 Å². The lowest BCUT2D eigenvalue weighted by Crippen LogP contribution is -2.29. The molecule has 4 heteroatoms. The molecule has 0 bridgehead atoms. The lowest BCUT2D eigenvalue weighted by atomic mass is 10.2. The Morgan fingerprint density at radius 3 is 2.60 bits per heavy atom. The monoisotopic (exact) mass is 208 g/mol. The van der Waals surface area contributed by atoms with E-state index in [0.29, 0.717) is 6.04 Å². The molecule has 1 unspecified atom stereocenters. The van der Waals surface area contributed by atoms with Crippen molar-refractivity contribution in [2.24, 2.45) is 0 Å². The van der Waals surface area contributed by atoms with Crippen LogP contribution in [-0.4, -0.2) is 41.5 Å². The predicted molar refractivity (Wildman–Crippen MR) is 61.5 cm³/mol. The van der Waals surface area contributed by atoms with E-state index in [1.807, 2.05) is 12.4 Å². The minimum atomic E-state index is 0.521. The van der Waals surface area contributed by atoms with Gasteiger partial charge in [-0.25, -0.2) is 9.97 Å². The number of hydrogen-bond acceptors (Lipinski definition) is 4. The molecule has 15 heavy (non-hydrogen) atoms. The van der Waals surface area contributed by atoms with Gasteiger partial charge in [-0.15, -0.1) is 0 Å². The van der Waals surface area contributed by atoms with E-state index >= 15 is 0 Å². The van der Waals surface area contributed by atoms with Crippen LogP contribution in [0.2, 0.25) is 0 Å². The molecule has 0 spiro atoms. The Hall–Kier alpha value is -1.00. The third-order valence-corrected chi connectivity index (χ3v) is 2.28. The summed E-state index contributed by atoms with van der Waals surface area (Å²) in [6.45, 7) is 4.15. The van der Waals surface area contributed by atoms with Gasteiger partial charge >= 0.3 is 0 Å². The molecule has 1 aromatic heterocycles. The highest BCUT2D eigenvalue weighted by atomic mass is 15.1. The van der Waals surface area contributed by atoms with Crippen LogP contribution in [0.3, 0.4) is 0 Å². The highest BCUT2D eigenvalue weighted by Crippen LogP contribution is 1.96. The number of hydrogen-bond donors (Lipinski definition) is 1. The van der Waals surface area contributed by atoms with E-state index in [1.54, 1.807) is 6.33 Å². The van der Waals surface area contributed by atoms with Crippen LogP contribution >= 0.6 is 0 Å². The van der Waals surface area contributed by atoms with E-state index < -0.39 is 0 Å². The summed E-state index contributed by atoms with van der Waals surface area (Å²) in [6, 6.07) is 0.521. The van der Waals surface area contributed by atoms with Crippen LogP contribution in [0.5, 0.6) is 0 Å². The van der Waals surface area contributed by atoms with Gasteiger partial charge in [-0.1, -0.05) is 0 Å². The second-order valence-corrected chi connectivity index (χ2v) is 4.12. The zero-order valence-electron chi connectivity index (χ0n) is 9.77. The SMILES string of the molecule is CC(CCN(C)C)NCc1cncnc1. The van der Waals surface area contributed by atoms with Gasteiger partial charge in [0, 0.05) is 30.5 Å². The quantitative estimate of drug-likeness (QED) is 0.754. The summed E-state index contributed by atoms with van der Waals surface area (Å²) in [4.78, 5) is 10.2. The van der Waals surface area contributed by atoms with E-state index in [9.17, 15) is 0 Å². The zero-order chi connectivity index (χ0) is 11.1. The highest BCUT2D eigenvalue weighted by Gasteiger charge is 2.02. The van der Waals surface area contributed by atoms with Gasteiger partial charge in [0.1, 0.15) is 6.33 Å². The summed E-state index contributed by atoms with van der Waals surface area (Å²) in [6.07, 6.45) is 6.40. The van der Waals surface area contributed by atoms with Crippen molar-refractivity contribution in [3.8, 4) is 0 Å². The molecule has 0 fully saturated rings. The Morgan fingerprint density at radius 1 is 1.33 bits per heavy atom. The highest BCUT2D eigenvalue weighted by molar-refractivity contribution is 5.01. The smallest absolute Gasteiger partial charge is 0.115 e. The molecule has 1 rings (SSSR count). The fourth-order valence-corrected chi connectivity index (χ4v) is 1.27. The van der Waals surface area contributed by atoms with Crippen LogP contribution in [0.1, 0.15) is 18.9 Å². The molecule has 0 aliphatic carbocycles. The zero-order valence-corrected chi connectivity index (χ0v) is 9.77. The molecular weight excluding hydrogens is 188 g/mol. The fraction of sp³-hybridized carbons (Fsp3) is 0.636. The Bertz CT molecular complexity index is 261. The van der Waals surface area contributed by atoms with Gasteiger partial charge in [0.15, 0.2) is 0 Å². The van der Waals surface area contributed by atoms with Gasteiger partial charge in [0.2, 0.25) is 0 Å². The minimum Gasteiger partial charge on any atom is -0.310 e. The summed E-state index contributed by atoms with van der Waals surface area (Å²) in [5, 5.41) is 3.45. The van der Waals surface area contributed by atoms with Crippen molar-refractivity contribution in [3.63, 3.8) is 0 Å². The number of aromatic nitrogens is 2. The molecule has 1 N–H and O–H groups in total.